The summed E-state index contributed by atoms with van der Waals surface area (Å²) in [6.07, 6.45) is 8.85. The van der Waals surface area contributed by atoms with Gasteiger partial charge in [0.25, 0.3) is 0 Å². The number of amides is 2. The lowest BCUT2D eigenvalue weighted by atomic mass is 9.63. The third-order valence-corrected chi connectivity index (χ3v) is 5.58. The van der Waals surface area contributed by atoms with Gasteiger partial charge in [0, 0.05) is 12.4 Å². The van der Waals surface area contributed by atoms with Crippen molar-refractivity contribution in [1.82, 2.24) is 4.98 Å². The number of pyridine rings is 1. The SMILES string of the molecule is O=C1[C@@H]2[C@H]3C=C[C@@H]([C@@H]4C[C@@H]34)[C@H]2C(=O)N1c1ccncc1. The Hall–Kier alpha value is -1.97. The van der Waals surface area contributed by atoms with E-state index in [-0.39, 0.29) is 23.7 Å². The Morgan fingerprint density at radius 1 is 0.950 bits per heavy atom. The molecular formula is C16H14N2O2. The molecule has 5 aliphatic rings. The zero-order valence-electron chi connectivity index (χ0n) is 10.8. The molecule has 2 heterocycles. The number of nitrogens with zero attached hydrogens (tertiary/aromatic N) is 2. The molecule has 4 aliphatic carbocycles. The van der Waals surface area contributed by atoms with E-state index < -0.39 is 0 Å². The van der Waals surface area contributed by atoms with Crippen molar-refractivity contribution >= 4 is 17.5 Å². The van der Waals surface area contributed by atoms with Crippen LogP contribution < -0.4 is 4.90 Å². The standard InChI is InChI=1S/C16H14N2O2/c19-15-13-9-1-2-10(12-7-11(9)12)14(13)16(20)18(15)8-3-5-17-6-4-8/h1-6,9-14H,7H2/t9-,10-,11-,12-,13+,14+/m0/s1. The van der Waals surface area contributed by atoms with Crippen molar-refractivity contribution in [3.63, 3.8) is 0 Å². The quantitative estimate of drug-likeness (QED) is 0.573. The van der Waals surface area contributed by atoms with E-state index in [4.69, 9.17) is 0 Å². The molecule has 0 aromatic carbocycles. The fourth-order valence-corrected chi connectivity index (χ4v) is 4.70. The summed E-state index contributed by atoms with van der Waals surface area (Å²) in [4.78, 5) is 30.9. The highest BCUT2D eigenvalue weighted by Crippen LogP contribution is 2.65. The second-order valence-corrected chi connectivity index (χ2v) is 6.37. The van der Waals surface area contributed by atoms with Crippen molar-refractivity contribution in [2.45, 2.75) is 6.42 Å². The van der Waals surface area contributed by atoms with Gasteiger partial charge in [0.05, 0.1) is 17.5 Å². The molecule has 100 valence electrons. The number of hydrogen-bond donors (Lipinski definition) is 0. The minimum Gasteiger partial charge on any atom is -0.274 e. The van der Waals surface area contributed by atoms with Gasteiger partial charge < -0.3 is 0 Å². The third-order valence-electron chi connectivity index (χ3n) is 5.58. The van der Waals surface area contributed by atoms with Crippen molar-refractivity contribution < 1.29 is 9.59 Å². The normalized spacial score (nSPS) is 43.7. The van der Waals surface area contributed by atoms with Crippen LogP contribution in [-0.4, -0.2) is 16.8 Å². The molecule has 2 amide bonds. The smallest absolute Gasteiger partial charge is 0.238 e. The summed E-state index contributed by atoms with van der Waals surface area (Å²) >= 11 is 0. The van der Waals surface area contributed by atoms with Gasteiger partial charge in [-0.15, -0.1) is 0 Å². The van der Waals surface area contributed by atoms with Crippen LogP contribution in [0.15, 0.2) is 36.7 Å². The van der Waals surface area contributed by atoms with E-state index in [1.807, 2.05) is 0 Å². The maximum Gasteiger partial charge on any atom is 0.238 e. The maximum absolute atomic E-state index is 12.8. The molecule has 6 atom stereocenters. The van der Waals surface area contributed by atoms with Crippen LogP contribution in [0, 0.1) is 35.5 Å². The van der Waals surface area contributed by atoms with Gasteiger partial charge in [0.15, 0.2) is 0 Å². The van der Waals surface area contributed by atoms with E-state index in [9.17, 15) is 9.59 Å². The number of anilines is 1. The number of hydrogen-bond acceptors (Lipinski definition) is 3. The van der Waals surface area contributed by atoms with Crippen LogP contribution in [0.25, 0.3) is 0 Å². The van der Waals surface area contributed by atoms with Crippen LogP contribution >= 0.6 is 0 Å². The van der Waals surface area contributed by atoms with Crippen LogP contribution in [0.2, 0.25) is 0 Å². The van der Waals surface area contributed by atoms with Gasteiger partial charge in [-0.1, -0.05) is 12.2 Å². The molecule has 0 spiro atoms. The Kier molecular flexibility index (Phi) is 1.82. The molecule has 2 bridgehead atoms. The molecule has 6 rings (SSSR count). The molecule has 3 fully saturated rings. The Morgan fingerprint density at radius 3 is 2.05 bits per heavy atom. The van der Waals surface area contributed by atoms with Crippen molar-refractivity contribution in [3.05, 3.63) is 36.7 Å². The van der Waals surface area contributed by atoms with E-state index in [1.54, 1.807) is 24.5 Å². The first-order valence-electron chi connectivity index (χ1n) is 7.23. The number of imide groups is 1. The van der Waals surface area contributed by atoms with Gasteiger partial charge in [-0.3, -0.25) is 14.6 Å². The molecule has 4 nitrogen and oxygen atoms in total. The number of carbonyl (C=O) groups excluding carboxylic acids is 2. The third kappa shape index (κ3) is 1.11. The van der Waals surface area contributed by atoms with Crippen LogP contribution in [0.4, 0.5) is 5.69 Å². The van der Waals surface area contributed by atoms with E-state index in [2.05, 4.69) is 17.1 Å². The molecule has 0 N–H and O–H groups in total. The highest BCUT2D eigenvalue weighted by Gasteiger charge is 2.67. The molecule has 1 aliphatic heterocycles. The molecule has 0 radical (unpaired) electrons. The summed E-state index contributed by atoms with van der Waals surface area (Å²) in [5.41, 5.74) is 0.664. The molecule has 4 heteroatoms. The average Bonchev–Trinajstić information content (AvgIpc) is 3.25. The Labute approximate surface area is 116 Å². The first kappa shape index (κ1) is 10.8. The Morgan fingerprint density at radius 2 is 1.50 bits per heavy atom. The second-order valence-electron chi connectivity index (χ2n) is 6.37. The molecule has 20 heavy (non-hydrogen) atoms. The van der Waals surface area contributed by atoms with Crippen molar-refractivity contribution in [1.29, 1.82) is 0 Å². The second kappa shape index (κ2) is 3.37. The zero-order valence-corrected chi connectivity index (χ0v) is 10.8. The predicted octanol–water partition coefficient (Wildman–Crippen LogP) is 1.64. The summed E-state index contributed by atoms with van der Waals surface area (Å²) in [7, 11) is 0. The van der Waals surface area contributed by atoms with Crippen LogP contribution in [0.5, 0.6) is 0 Å². The van der Waals surface area contributed by atoms with Crippen LogP contribution in [-0.2, 0) is 9.59 Å². The van der Waals surface area contributed by atoms with Gasteiger partial charge in [0.2, 0.25) is 11.8 Å². The number of rotatable bonds is 1. The van der Waals surface area contributed by atoms with Gasteiger partial charge in [-0.25, -0.2) is 4.90 Å². The lowest BCUT2D eigenvalue weighted by Gasteiger charge is -2.37. The summed E-state index contributed by atoms with van der Waals surface area (Å²) in [6.45, 7) is 0. The molecule has 1 aromatic heterocycles. The summed E-state index contributed by atoms with van der Waals surface area (Å²) in [5.74, 6) is 1.65. The molecule has 1 aromatic rings. The van der Waals surface area contributed by atoms with Crippen LogP contribution in [0.3, 0.4) is 0 Å². The highest BCUT2D eigenvalue weighted by molar-refractivity contribution is 6.22. The van der Waals surface area contributed by atoms with E-state index >= 15 is 0 Å². The van der Waals surface area contributed by atoms with E-state index in [0.29, 0.717) is 29.4 Å². The zero-order chi connectivity index (χ0) is 13.4. The average molecular weight is 266 g/mol. The van der Waals surface area contributed by atoms with Gasteiger partial charge in [-0.2, -0.15) is 0 Å². The van der Waals surface area contributed by atoms with E-state index in [1.165, 1.54) is 11.3 Å². The summed E-state index contributed by atoms with van der Waals surface area (Å²) < 4.78 is 0. The topological polar surface area (TPSA) is 50.3 Å². The Balaban J connectivity index is 1.61. The number of aromatic nitrogens is 1. The lowest BCUT2D eigenvalue weighted by molar-refractivity contribution is -0.124. The van der Waals surface area contributed by atoms with Crippen molar-refractivity contribution in [2.24, 2.45) is 35.5 Å². The van der Waals surface area contributed by atoms with Crippen molar-refractivity contribution in [3.8, 4) is 0 Å². The lowest BCUT2D eigenvalue weighted by Crippen LogP contribution is -2.40. The van der Waals surface area contributed by atoms with Crippen LogP contribution in [0.1, 0.15) is 6.42 Å². The fourth-order valence-electron chi connectivity index (χ4n) is 4.70. The Bertz CT molecular complexity index is 618. The first-order valence-corrected chi connectivity index (χ1v) is 7.23. The fraction of sp³-hybridized carbons (Fsp3) is 0.438. The number of allylic oxidation sites excluding steroid dienone is 2. The van der Waals surface area contributed by atoms with E-state index in [0.717, 1.165) is 0 Å². The predicted molar refractivity (Wildman–Crippen MR) is 71.4 cm³/mol. The monoisotopic (exact) mass is 266 g/mol. The molecule has 2 saturated carbocycles. The minimum absolute atomic E-state index is 0.00380. The first-order chi connectivity index (χ1) is 9.77. The summed E-state index contributed by atoms with van der Waals surface area (Å²) in [6, 6.07) is 3.48. The van der Waals surface area contributed by atoms with Gasteiger partial charge in [-0.05, 0) is 42.2 Å². The molecule has 1 saturated heterocycles. The largest absolute Gasteiger partial charge is 0.274 e. The van der Waals surface area contributed by atoms with Gasteiger partial charge in [0.1, 0.15) is 0 Å². The molecular weight excluding hydrogens is 252 g/mol. The number of carbonyl (C=O) groups is 2. The van der Waals surface area contributed by atoms with Gasteiger partial charge >= 0.3 is 0 Å². The minimum atomic E-state index is -0.116. The highest BCUT2D eigenvalue weighted by atomic mass is 16.2. The molecule has 0 unspecified atom stereocenters. The summed E-state index contributed by atoms with van der Waals surface area (Å²) in [5, 5.41) is 0. The van der Waals surface area contributed by atoms with Crippen molar-refractivity contribution in [2.75, 3.05) is 4.90 Å². The maximum atomic E-state index is 12.8.